The molecule has 4 atom stereocenters. The van der Waals surface area contributed by atoms with Crippen molar-refractivity contribution in [3.05, 3.63) is 58.8 Å². The molecule has 1 aromatic heterocycles. The Morgan fingerprint density at radius 2 is 1.62 bits per heavy atom. The van der Waals surface area contributed by atoms with Crippen molar-refractivity contribution in [3.8, 4) is 22.8 Å². The first-order valence-electron chi connectivity index (χ1n) is 11.3. The van der Waals surface area contributed by atoms with E-state index in [1.54, 1.807) is 30.3 Å². The van der Waals surface area contributed by atoms with E-state index in [1.165, 1.54) is 25.1 Å². The van der Waals surface area contributed by atoms with Gasteiger partial charge in [-0.1, -0.05) is 12.1 Å². The number of carbonyl (C=O) groups is 3. The predicted octanol–water partition coefficient (Wildman–Crippen LogP) is 2.70. The molecule has 1 aliphatic heterocycles. The van der Waals surface area contributed by atoms with Gasteiger partial charge in [0.1, 0.15) is 24.1 Å². The molecule has 1 N–H and O–H groups in total. The summed E-state index contributed by atoms with van der Waals surface area (Å²) in [4.78, 5) is 47.1. The number of para-hydroxylation sites is 1. The van der Waals surface area contributed by atoms with Gasteiger partial charge >= 0.3 is 17.9 Å². The van der Waals surface area contributed by atoms with Crippen LogP contribution in [0.4, 0.5) is 0 Å². The summed E-state index contributed by atoms with van der Waals surface area (Å²) >= 11 is 0. The maximum atomic E-state index is 12.4. The van der Waals surface area contributed by atoms with Crippen LogP contribution in [0, 0.1) is 0 Å². The highest BCUT2D eigenvalue weighted by Gasteiger charge is 2.51. The number of phenols is 1. The van der Waals surface area contributed by atoms with Gasteiger partial charge < -0.3 is 33.2 Å². The molecule has 4 unspecified atom stereocenters. The number of ether oxygens (including phenoxy) is 5. The lowest BCUT2D eigenvalue weighted by atomic mass is 10.1. The number of phenolic OH excluding ortho intramolecular Hbond substituents is 1. The van der Waals surface area contributed by atoms with Crippen molar-refractivity contribution in [2.24, 2.45) is 0 Å². The van der Waals surface area contributed by atoms with Gasteiger partial charge in [-0.25, -0.2) is 0 Å². The second-order valence-corrected chi connectivity index (χ2v) is 8.27. The monoisotopic (exact) mass is 512 g/mol. The van der Waals surface area contributed by atoms with E-state index in [0.717, 1.165) is 13.8 Å². The van der Waals surface area contributed by atoms with E-state index in [-0.39, 0.29) is 29.3 Å². The lowest BCUT2D eigenvalue weighted by Crippen LogP contribution is -2.42. The zero-order valence-electron chi connectivity index (χ0n) is 20.2. The van der Waals surface area contributed by atoms with Gasteiger partial charge in [0.25, 0.3) is 0 Å². The van der Waals surface area contributed by atoms with E-state index in [1.807, 2.05) is 0 Å². The Bertz CT molecular complexity index is 1390. The largest absolute Gasteiger partial charge is 0.504 e. The summed E-state index contributed by atoms with van der Waals surface area (Å²) in [7, 11) is 0. The average molecular weight is 512 g/mol. The first-order valence-corrected chi connectivity index (χ1v) is 11.3. The van der Waals surface area contributed by atoms with Crippen LogP contribution in [0.15, 0.2) is 57.7 Å². The van der Waals surface area contributed by atoms with Crippen LogP contribution in [0.25, 0.3) is 22.3 Å². The van der Waals surface area contributed by atoms with E-state index in [0.29, 0.717) is 16.5 Å². The molecular formula is C26H24O11. The zero-order valence-corrected chi connectivity index (χ0v) is 20.2. The van der Waals surface area contributed by atoms with Crippen LogP contribution in [-0.4, -0.2) is 54.2 Å². The van der Waals surface area contributed by atoms with Crippen LogP contribution in [0.1, 0.15) is 20.8 Å². The highest BCUT2D eigenvalue weighted by Crippen LogP contribution is 2.36. The summed E-state index contributed by atoms with van der Waals surface area (Å²) < 4.78 is 32.9. The van der Waals surface area contributed by atoms with E-state index in [4.69, 9.17) is 28.1 Å². The third kappa shape index (κ3) is 5.89. The number of carbonyl (C=O) groups excluding carboxylic acids is 3. The fourth-order valence-electron chi connectivity index (χ4n) is 3.91. The summed E-state index contributed by atoms with van der Waals surface area (Å²) in [5, 5.41) is 11.1. The Labute approximate surface area is 210 Å². The fourth-order valence-corrected chi connectivity index (χ4v) is 3.91. The topological polar surface area (TPSA) is 148 Å². The molecule has 1 fully saturated rings. The van der Waals surface area contributed by atoms with Crippen molar-refractivity contribution in [3.63, 3.8) is 0 Å². The number of hydrogen-bond donors (Lipinski definition) is 1. The van der Waals surface area contributed by atoms with Crippen LogP contribution in [0.5, 0.6) is 11.5 Å². The molecule has 0 spiro atoms. The van der Waals surface area contributed by atoms with E-state index in [9.17, 15) is 24.3 Å². The van der Waals surface area contributed by atoms with Gasteiger partial charge in [-0.15, -0.1) is 0 Å². The molecule has 1 saturated heterocycles. The van der Waals surface area contributed by atoms with Crippen LogP contribution < -0.4 is 10.2 Å². The maximum absolute atomic E-state index is 12.4. The first kappa shape index (κ1) is 25.7. The molecule has 11 nitrogen and oxygen atoms in total. The maximum Gasteiger partial charge on any atom is 0.303 e. The summed E-state index contributed by atoms with van der Waals surface area (Å²) in [6.07, 6.45) is -4.68. The Morgan fingerprint density at radius 1 is 0.919 bits per heavy atom. The zero-order chi connectivity index (χ0) is 26.7. The second-order valence-electron chi connectivity index (χ2n) is 8.27. The molecular weight excluding hydrogens is 488 g/mol. The average Bonchev–Trinajstić information content (AvgIpc) is 3.13. The van der Waals surface area contributed by atoms with Gasteiger partial charge in [0, 0.05) is 32.4 Å². The number of aromatic hydroxyl groups is 1. The second kappa shape index (κ2) is 10.7. The van der Waals surface area contributed by atoms with Gasteiger partial charge in [-0.3, -0.25) is 19.2 Å². The minimum Gasteiger partial charge on any atom is -0.504 e. The van der Waals surface area contributed by atoms with Gasteiger partial charge in [0.05, 0.1) is 5.39 Å². The molecule has 2 aromatic carbocycles. The smallest absolute Gasteiger partial charge is 0.303 e. The fraction of sp³-hybridized carbons (Fsp3) is 0.308. The highest BCUT2D eigenvalue weighted by atomic mass is 16.7. The molecule has 0 amide bonds. The number of esters is 3. The van der Waals surface area contributed by atoms with Crippen molar-refractivity contribution in [2.75, 3.05) is 6.61 Å². The third-order valence-corrected chi connectivity index (χ3v) is 5.44. The van der Waals surface area contributed by atoms with Crippen molar-refractivity contribution in [1.29, 1.82) is 0 Å². The minimum atomic E-state index is -1.32. The van der Waals surface area contributed by atoms with Crippen molar-refractivity contribution >= 4 is 28.9 Å². The minimum absolute atomic E-state index is 0.0521. The number of benzene rings is 2. The molecule has 37 heavy (non-hydrogen) atoms. The molecule has 3 aromatic rings. The van der Waals surface area contributed by atoms with Crippen molar-refractivity contribution in [1.82, 2.24) is 0 Å². The van der Waals surface area contributed by atoms with Gasteiger partial charge in [0.15, 0.2) is 23.0 Å². The molecule has 11 heteroatoms. The summed E-state index contributed by atoms with van der Waals surface area (Å²) in [5.41, 5.74) is 0.557. The Kier molecular flexibility index (Phi) is 7.44. The van der Waals surface area contributed by atoms with Crippen molar-refractivity contribution in [2.45, 2.75) is 45.4 Å². The molecule has 0 radical (unpaired) electrons. The lowest BCUT2D eigenvalue weighted by Gasteiger charge is -2.23. The van der Waals surface area contributed by atoms with E-state index in [2.05, 4.69) is 0 Å². The SMILES string of the molecule is CC(=O)OCC1OC(Oc2ccc(-c3cc(=O)c4ccccc4o3)cc2O)C(OC(C)=O)C1OC(C)=O. The molecule has 1 aliphatic rings. The summed E-state index contributed by atoms with van der Waals surface area (Å²) in [5.74, 6) is -2.11. The first-order chi connectivity index (χ1) is 17.6. The van der Waals surface area contributed by atoms with Crippen LogP contribution in [0.2, 0.25) is 0 Å². The predicted molar refractivity (Wildman–Crippen MR) is 127 cm³/mol. The van der Waals surface area contributed by atoms with Gasteiger partial charge in [-0.2, -0.15) is 0 Å². The molecule has 2 heterocycles. The van der Waals surface area contributed by atoms with Crippen LogP contribution >= 0.6 is 0 Å². The van der Waals surface area contributed by atoms with Crippen LogP contribution in [-0.2, 0) is 33.3 Å². The number of hydrogen-bond acceptors (Lipinski definition) is 11. The van der Waals surface area contributed by atoms with E-state index < -0.39 is 42.5 Å². The summed E-state index contributed by atoms with van der Waals surface area (Å²) in [6, 6.07) is 12.4. The molecule has 4 rings (SSSR count). The Hall–Kier alpha value is -4.38. The standard InChI is InChI=1S/C26H24O11/c1-13(27)32-12-23-24(33-14(2)28)25(34-15(3)29)26(37-23)36-21-9-8-16(10-19(21)31)22-11-18(30)17-6-4-5-7-20(17)35-22/h4-11,23-26,31H,12H2,1-3H3. The molecule has 0 bridgehead atoms. The molecule has 194 valence electrons. The highest BCUT2D eigenvalue weighted by molar-refractivity contribution is 5.78. The third-order valence-electron chi connectivity index (χ3n) is 5.44. The van der Waals surface area contributed by atoms with Gasteiger partial charge in [0.2, 0.25) is 12.4 Å². The quantitative estimate of drug-likeness (QED) is 0.368. The number of fused-ring (bicyclic) bond motifs is 1. The summed E-state index contributed by atoms with van der Waals surface area (Å²) in [6.45, 7) is 3.23. The van der Waals surface area contributed by atoms with Gasteiger partial charge in [-0.05, 0) is 30.3 Å². The molecule has 0 aliphatic carbocycles. The van der Waals surface area contributed by atoms with Crippen LogP contribution in [0.3, 0.4) is 0 Å². The van der Waals surface area contributed by atoms with E-state index >= 15 is 0 Å². The Morgan fingerprint density at radius 3 is 2.30 bits per heavy atom. The molecule has 0 saturated carbocycles. The number of rotatable bonds is 7. The Balaban J connectivity index is 1.61. The normalized spacial score (nSPS) is 20.8. The lowest BCUT2D eigenvalue weighted by molar-refractivity contribution is -0.170. The van der Waals surface area contributed by atoms with Crippen molar-refractivity contribution < 1.29 is 47.6 Å².